The lowest BCUT2D eigenvalue weighted by Crippen LogP contribution is -2.43. The van der Waals surface area contributed by atoms with Crippen molar-refractivity contribution < 1.29 is 4.43 Å². The molecule has 0 bridgehead atoms. The second-order valence-electron chi connectivity index (χ2n) is 7.49. The van der Waals surface area contributed by atoms with Crippen molar-refractivity contribution in [3.8, 4) is 0 Å². The first kappa shape index (κ1) is 19.7. The Morgan fingerprint density at radius 2 is 1.81 bits per heavy atom. The zero-order chi connectivity index (χ0) is 16.4. The van der Waals surface area contributed by atoms with Gasteiger partial charge < -0.3 is 4.43 Å². The van der Waals surface area contributed by atoms with Gasteiger partial charge in [0.15, 0.2) is 8.32 Å². The van der Waals surface area contributed by atoms with Gasteiger partial charge in [0.1, 0.15) is 0 Å². The molecule has 2 unspecified atom stereocenters. The van der Waals surface area contributed by atoms with E-state index in [4.69, 9.17) is 4.43 Å². The summed E-state index contributed by atoms with van der Waals surface area (Å²) in [5, 5.41) is 0.273. The highest BCUT2D eigenvalue weighted by Crippen LogP contribution is 2.38. The van der Waals surface area contributed by atoms with Crippen molar-refractivity contribution in [2.45, 2.75) is 71.2 Å². The van der Waals surface area contributed by atoms with Crippen LogP contribution < -0.4 is 0 Å². The van der Waals surface area contributed by atoms with Gasteiger partial charge >= 0.3 is 0 Å². The molecule has 2 atom stereocenters. The quantitative estimate of drug-likeness (QED) is 0.325. The zero-order valence-corrected chi connectivity index (χ0v) is 19.0. The van der Waals surface area contributed by atoms with Crippen molar-refractivity contribution >= 4 is 46.8 Å². The van der Waals surface area contributed by atoms with E-state index in [-0.39, 0.29) is 5.04 Å². The van der Waals surface area contributed by atoms with E-state index in [1.54, 1.807) is 0 Å². The summed E-state index contributed by atoms with van der Waals surface area (Å²) in [4.78, 5) is 0. The molecule has 0 fully saturated rings. The normalized spacial score (nSPS) is 15.9. The van der Waals surface area contributed by atoms with Crippen molar-refractivity contribution in [1.82, 2.24) is 0 Å². The Morgan fingerprint density at radius 3 is 2.33 bits per heavy atom. The van der Waals surface area contributed by atoms with Crippen LogP contribution in [0.15, 0.2) is 22.7 Å². The highest BCUT2D eigenvalue weighted by Gasteiger charge is 2.38. The first-order valence-electron chi connectivity index (χ1n) is 7.57. The van der Waals surface area contributed by atoms with Crippen molar-refractivity contribution in [2.75, 3.05) is 0 Å². The smallest absolute Gasteiger partial charge is 0.192 e. The van der Waals surface area contributed by atoms with Crippen molar-refractivity contribution in [1.29, 1.82) is 0 Å². The van der Waals surface area contributed by atoms with Gasteiger partial charge in [-0.2, -0.15) is 0 Å². The Hall–Kier alpha value is 0.607. The zero-order valence-electron chi connectivity index (χ0n) is 14.3. The van der Waals surface area contributed by atoms with E-state index in [1.807, 2.05) is 0 Å². The summed E-state index contributed by atoms with van der Waals surface area (Å²) in [6.07, 6.45) is 1.37. The van der Waals surface area contributed by atoms with Crippen LogP contribution in [0.5, 0.6) is 0 Å². The molecule has 0 spiro atoms. The molecule has 0 N–H and O–H groups in total. The molecule has 0 heterocycles. The maximum Gasteiger partial charge on any atom is 0.192 e. The Balaban J connectivity index is 2.75. The lowest BCUT2D eigenvalue weighted by atomic mass is 9.96. The van der Waals surface area contributed by atoms with Crippen molar-refractivity contribution in [3.63, 3.8) is 0 Å². The van der Waals surface area contributed by atoms with E-state index in [0.717, 1.165) is 10.9 Å². The van der Waals surface area contributed by atoms with Crippen LogP contribution in [0.25, 0.3) is 0 Å². The molecule has 0 saturated carbocycles. The summed E-state index contributed by atoms with van der Waals surface area (Å²) >= 11 is 6.01. The number of hydrogen-bond acceptors (Lipinski definition) is 1. The fourth-order valence-electron chi connectivity index (χ4n) is 2.24. The van der Waals surface area contributed by atoms with Gasteiger partial charge in [-0.15, -0.1) is 0 Å². The first-order chi connectivity index (χ1) is 9.44. The van der Waals surface area contributed by atoms with Gasteiger partial charge in [-0.25, -0.2) is 0 Å². The highest BCUT2D eigenvalue weighted by molar-refractivity contribution is 14.1. The van der Waals surface area contributed by atoms with Crippen LogP contribution >= 0.6 is 38.5 Å². The van der Waals surface area contributed by atoms with Gasteiger partial charge in [-0.05, 0) is 83.7 Å². The first-order valence-corrected chi connectivity index (χ1v) is 12.3. The van der Waals surface area contributed by atoms with Crippen LogP contribution in [-0.2, 0) is 4.43 Å². The minimum absolute atomic E-state index is 0.273. The summed E-state index contributed by atoms with van der Waals surface area (Å²) in [7, 11) is -1.67. The third-order valence-corrected chi connectivity index (χ3v) is 10.6. The predicted molar refractivity (Wildman–Crippen MR) is 108 cm³/mol. The van der Waals surface area contributed by atoms with Crippen LogP contribution in [0.2, 0.25) is 18.1 Å². The molecular formula is C17H28BrIOSi. The van der Waals surface area contributed by atoms with E-state index in [9.17, 15) is 0 Å². The van der Waals surface area contributed by atoms with E-state index >= 15 is 0 Å². The summed E-state index contributed by atoms with van der Waals surface area (Å²) in [5.41, 5.74) is 1.41. The summed E-state index contributed by atoms with van der Waals surface area (Å²) in [6.45, 7) is 16.1. The monoisotopic (exact) mass is 482 g/mol. The van der Waals surface area contributed by atoms with Crippen LogP contribution in [0.3, 0.4) is 0 Å². The third-order valence-electron chi connectivity index (χ3n) is 4.48. The number of rotatable bonds is 5. The molecule has 1 rings (SSSR count). The molecule has 0 radical (unpaired) electrons. The van der Waals surface area contributed by atoms with Gasteiger partial charge in [-0.3, -0.25) is 0 Å². The molecule has 1 nitrogen and oxygen atoms in total. The van der Waals surface area contributed by atoms with Gasteiger partial charge in [0.2, 0.25) is 0 Å². The SMILES string of the molecule is CC(CC(C)c1cc(Br)ccc1I)O[Si](C)(C)C(C)(C)C. The van der Waals surface area contributed by atoms with E-state index < -0.39 is 8.32 Å². The summed E-state index contributed by atoms with van der Waals surface area (Å²) < 4.78 is 8.98. The Labute approximate surface area is 153 Å². The molecule has 0 aromatic heterocycles. The van der Waals surface area contributed by atoms with E-state index in [2.05, 4.69) is 104 Å². The standard InChI is InChI=1S/C17H28BrIOSi/c1-12(15-11-14(18)8-9-16(15)19)10-13(2)20-21(6,7)17(3,4)5/h8-9,11-13H,10H2,1-7H3. The average molecular weight is 483 g/mol. The second kappa shape index (κ2) is 7.45. The number of benzene rings is 1. The van der Waals surface area contributed by atoms with Gasteiger partial charge in [0, 0.05) is 14.1 Å². The van der Waals surface area contributed by atoms with Gasteiger partial charge in [-0.1, -0.05) is 43.6 Å². The minimum atomic E-state index is -1.67. The molecule has 0 aliphatic heterocycles. The number of hydrogen-bond donors (Lipinski definition) is 0. The third kappa shape index (κ3) is 5.63. The Morgan fingerprint density at radius 1 is 1.24 bits per heavy atom. The Kier molecular flexibility index (Phi) is 6.97. The minimum Gasteiger partial charge on any atom is -0.414 e. The van der Waals surface area contributed by atoms with Crippen molar-refractivity contribution in [2.24, 2.45) is 0 Å². The average Bonchev–Trinajstić information content (AvgIpc) is 2.29. The molecule has 4 heteroatoms. The van der Waals surface area contributed by atoms with Gasteiger partial charge in [0.05, 0.1) is 0 Å². The maximum absolute atomic E-state index is 6.49. The molecule has 0 aliphatic rings. The second-order valence-corrected chi connectivity index (χ2v) is 14.3. The molecule has 1 aromatic rings. The summed E-state index contributed by atoms with van der Waals surface area (Å²) in [6, 6.07) is 6.52. The molecule has 0 amide bonds. The maximum atomic E-state index is 6.49. The van der Waals surface area contributed by atoms with Crippen LogP contribution in [0, 0.1) is 3.57 Å². The highest BCUT2D eigenvalue weighted by atomic mass is 127. The predicted octanol–water partition coefficient (Wildman–Crippen LogP) is 6.96. The fraction of sp³-hybridized carbons (Fsp3) is 0.647. The molecule has 0 saturated heterocycles. The topological polar surface area (TPSA) is 9.23 Å². The van der Waals surface area contributed by atoms with Gasteiger partial charge in [0.25, 0.3) is 0 Å². The largest absolute Gasteiger partial charge is 0.414 e. The lowest BCUT2D eigenvalue weighted by molar-refractivity contribution is 0.181. The molecule has 1 aromatic carbocycles. The van der Waals surface area contributed by atoms with Crippen LogP contribution in [0.1, 0.15) is 52.5 Å². The molecule has 0 aliphatic carbocycles. The number of halogens is 2. The lowest BCUT2D eigenvalue weighted by Gasteiger charge is -2.39. The molecule has 120 valence electrons. The van der Waals surface area contributed by atoms with E-state index in [0.29, 0.717) is 12.0 Å². The van der Waals surface area contributed by atoms with Crippen LogP contribution in [-0.4, -0.2) is 14.4 Å². The fourth-order valence-corrected chi connectivity index (χ4v) is 4.95. The van der Waals surface area contributed by atoms with E-state index in [1.165, 1.54) is 9.13 Å². The van der Waals surface area contributed by atoms with Crippen molar-refractivity contribution in [3.05, 3.63) is 31.8 Å². The molecular weight excluding hydrogens is 455 g/mol. The summed E-state index contributed by atoms with van der Waals surface area (Å²) in [5.74, 6) is 0.508. The molecule has 21 heavy (non-hydrogen) atoms. The Bertz CT molecular complexity index is 482. The van der Waals surface area contributed by atoms with Crippen LogP contribution in [0.4, 0.5) is 0 Å².